The Hall–Kier alpha value is -1.71. The third-order valence-electron chi connectivity index (χ3n) is 4.61. The molecule has 0 aromatic carbocycles. The number of nitrogens with zero attached hydrogens (tertiary/aromatic N) is 2. The van der Waals surface area contributed by atoms with Crippen molar-refractivity contribution in [2.75, 3.05) is 11.1 Å². The second kappa shape index (κ2) is 7.73. The predicted octanol–water partition coefficient (Wildman–Crippen LogP) is 3.81. The lowest BCUT2D eigenvalue weighted by molar-refractivity contribution is -0.115. The van der Waals surface area contributed by atoms with E-state index < -0.39 is 0 Å². The molecule has 3 aromatic heterocycles. The lowest BCUT2D eigenvalue weighted by Gasteiger charge is -2.03. The van der Waals surface area contributed by atoms with Gasteiger partial charge in [0, 0.05) is 21.9 Å². The van der Waals surface area contributed by atoms with E-state index in [-0.39, 0.29) is 11.5 Å². The molecule has 142 valence electrons. The fourth-order valence-electron chi connectivity index (χ4n) is 3.16. The first-order valence-corrected chi connectivity index (χ1v) is 11.6. The summed E-state index contributed by atoms with van der Waals surface area (Å²) in [5.41, 5.74) is 2.13. The van der Waals surface area contributed by atoms with Gasteiger partial charge < -0.3 is 10.3 Å². The third kappa shape index (κ3) is 3.95. The lowest BCUT2D eigenvalue weighted by Crippen LogP contribution is -2.13. The summed E-state index contributed by atoms with van der Waals surface area (Å²) in [5.74, 6) is 1.90. The van der Waals surface area contributed by atoms with Crippen LogP contribution < -0.4 is 10.9 Å². The number of carbonyl (C=O) groups excluding carboxylic acids is 1. The summed E-state index contributed by atoms with van der Waals surface area (Å²) in [6, 6.07) is 0. The number of thiazole rings is 1. The van der Waals surface area contributed by atoms with Crippen LogP contribution in [0.4, 0.5) is 5.13 Å². The number of anilines is 1. The minimum absolute atomic E-state index is 0.0257. The molecule has 0 saturated carbocycles. The maximum Gasteiger partial charge on any atom is 0.259 e. The van der Waals surface area contributed by atoms with Gasteiger partial charge in [0.25, 0.3) is 5.56 Å². The predicted molar refractivity (Wildman–Crippen MR) is 113 cm³/mol. The summed E-state index contributed by atoms with van der Waals surface area (Å²) < 4.78 is 0. The van der Waals surface area contributed by atoms with E-state index in [0.717, 1.165) is 40.1 Å². The SMILES string of the molecule is Cc1nc(NC(=O)CCSCc2nc3sc4c(c3c(=O)[nH]2)CCC4)sc1C. The zero-order valence-electron chi connectivity index (χ0n) is 15.2. The summed E-state index contributed by atoms with van der Waals surface area (Å²) in [4.78, 5) is 39.6. The zero-order chi connectivity index (χ0) is 19.0. The number of amides is 1. The van der Waals surface area contributed by atoms with Gasteiger partial charge in [-0.25, -0.2) is 9.97 Å². The Morgan fingerprint density at radius 3 is 2.89 bits per heavy atom. The van der Waals surface area contributed by atoms with Crippen LogP contribution in [0.2, 0.25) is 0 Å². The number of fused-ring (bicyclic) bond motifs is 3. The first-order chi connectivity index (χ1) is 13.0. The number of thiophene rings is 1. The quantitative estimate of drug-likeness (QED) is 0.592. The van der Waals surface area contributed by atoms with E-state index in [1.165, 1.54) is 21.8 Å². The van der Waals surface area contributed by atoms with Crippen LogP contribution in [0.3, 0.4) is 0 Å². The Balaban J connectivity index is 1.31. The van der Waals surface area contributed by atoms with Gasteiger partial charge in [-0.05, 0) is 38.7 Å². The summed E-state index contributed by atoms with van der Waals surface area (Å²) >= 11 is 4.74. The minimum Gasteiger partial charge on any atom is -0.309 e. The number of carbonyl (C=O) groups is 1. The minimum atomic E-state index is -0.0390. The van der Waals surface area contributed by atoms with Crippen LogP contribution in [0.1, 0.15) is 39.7 Å². The second-order valence-electron chi connectivity index (χ2n) is 6.56. The van der Waals surface area contributed by atoms with Crippen molar-refractivity contribution in [3.05, 3.63) is 37.2 Å². The molecule has 0 unspecified atom stereocenters. The average molecular weight is 421 g/mol. The largest absolute Gasteiger partial charge is 0.309 e. The van der Waals surface area contributed by atoms with Gasteiger partial charge in [0.2, 0.25) is 5.91 Å². The molecule has 3 aromatic rings. The summed E-state index contributed by atoms with van der Waals surface area (Å²) in [6.45, 7) is 3.93. The van der Waals surface area contributed by atoms with Crippen molar-refractivity contribution in [2.45, 2.75) is 45.3 Å². The number of thioether (sulfide) groups is 1. The van der Waals surface area contributed by atoms with Gasteiger partial charge in [-0.3, -0.25) is 9.59 Å². The monoisotopic (exact) mass is 420 g/mol. The Kier molecular flexibility index (Phi) is 5.34. The standard InChI is InChI=1S/C18H20N4O2S3/c1-9-10(2)26-18(19-9)22-14(23)6-7-25-8-13-20-16(24)15-11-4-3-5-12(11)27-17(15)21-13/h3-8H2,1-2H3,(H,19,22,23)(H,20,21,24). The van der Waals surface area contributed by atoms with E-state index in [1.54, 1.807) is 23.1 Å². The normalized spacial score (nSPS) is 13.3. The molecule has 0 saturated heterocycles. The molecule has 0 atom stereocenters. The Morgan fingerprint density at radius 1 is 1.26 bits per heavy atom. The van der Waals surface area contributed by atoms with Crippen LogP contribution in [0, 0.1) is 13.8 Å². The number of nitrogens with one attached hydrogen (secondary N) is 2. The lowest BCUT2D eigenvalue weighted by atomic mass is 10.2. The van der Waals surface area contributed by atoms with Crippen molar-refractivity contribution in [3.8, 4) is 0 Å². The van der Waals surface area contributed by atoms with Crippen LogP contribution in [-0.2, 0) is 23.4 Å². The number of aromatic amines is 1. The van der Waals surface area contributed by atoms with E-state index in [1.807, 2.05) is 13.8 Å². The molecule has 1 aliphatic carbocycles. The molecule has 0 aliphatic heterocycles. The number of aryl methyl sites for hydroxylation is 4. The molecule has 2 N–H and O–H groups in total. The second-order valence-corrected chi connectivity index (χ2v) is 9.95. The van der Waals surface area contributed by atoms with Crippen LogP contribution in [-0.4, -0.2) is 26.6 Å². The van der Waals surface area contributed by atoms with Crippen molar-refractivity contribution in [3.63, 3.8) is 0 Å². The Morgan fingerprint density at radius 2 is 2.11 bits per heavy atom. The number of aromatic nitrogens is 3. The van der Waals surface area contributed by atoms with Gasteiger partial charge in [-0.1, -0.05) is 0 Å². The van der Waals surface area contributed by atoms with Crippen LogP contribution in [0.25, 0.3) is 10.2 Å². The van der Waals surface area contributed by atoms with E-state index in [0.29, 0.717) is 28.9 Å². The van der Waals surface area contributed by atoms with Gasteiger partial charge in [-0.15, -0.1) is 22.7 Å². The summed E-state index contributed by atoms with van der Waals surface area (Å²) in [6.07, 6.45) is 3.59. The van der Waals surface area contributed by atoms with Crippen LogP contribution in [0.15, 0.2) is 4.79 Å². The molecule has 0 spiro atoms. The number of rotatable bonds is 6. The molecule has 9 heteroatoms. The van der Waals surface area contributed by atoms with Crippen molar-refractivity contribution in [2.24, 2.45) is 0 Å². The molecule has 1 aliphatic rings. The highest BCUT2D eigenvalue weighted by Crippen LogP contribution is 2.34. The van der Waals surface area contributed by atoms with Crippen molar-refractivity contribution in [1.29, 1.82) is 0 Å². The van der Waals surface area contributed by atoms with E-state index in [9.17, 15) is 9.59 Å². The summed E-state index contributed by atoms with van der Waals surface area (Å²) in [5, 5.41) is 4.28. The van der Waals surface area contributed by atoms with E-state index in [4.69, 9.17) is 0 Å². The van der Waals surface area contributed by atoms with Crippen LogP contribution in [0.5, 0.6) is 0 Å². The van der Waals surface area contributed by atoms with Crippen molar-refractivity contribution < 1.29 is 4.79 Å². The fourth-order valence-corrected chi connectivity index (χ4v) is 6.07. The van der Waals surface area contributed by atoms with Crippen LogP contribution >= 0.6 is 34.4 Å². The van der Waals surface area contributed by atoms with Gasteiger partial charge in [-0.2, -0.15) is 11.8 Å². The van der Waals surface area contributed by atoms with E-state index >= 15 is 0 Å². The fraction of sp³-hybridized carbons (Fsp3) is 0.444. The highest BCUT2D eigenvalue weighted by Gasteiger charge is 2.21. The highest BCUT2D eigenvalue weighted by atomic mass is 32.2. The van der Waals surface area contributed by atoms with Crippen molar-refractivity contribution in [1.82, 2.24) is 15.0 Å². The average Bonchev–Trinajstić information content (AvgIpc) is 3.26. The molecule has 3 heterocycles. The number of hydrogen-bond donors (Lipinski definition) is 2. The molecular weight excluding hydrogens is 400 g/mol. The number of hydrogen-bond acceptors (Lipinski definition) is 7. The molecule has 6 nitrogen and oxygen atoms in total. The molecule has 0 radical (unpaired) electrons. The number of H-pyrrole nitrogens is 1. The molecule has 27 heavy (non-hydrogen) atoms. The molecule has 0 bridgehead atoms. The topological polar surface area (TPSA) is 87.7 Å². The third-order valence-corrected chi connectivity index (χ3v) is 7.76. The van der Waals surface area contributed by atoms with Gasteiger partial charge >= 0.3 is 0 Å². The molecule has 0 fully saturated rings. The van der Waals surface area contributed by atoms with Crippen molar-refractivity contribution >= 4 is 55.7 Å². The maximum absolute atomic E-state index is 12.4. The Bertz CT molecular complexity index is 1050. The zero-order valence-corrected chi connectivity index (χ0v) is 17.6. The molecule has 1 amide bonds. The maximum atomic E-state index is 12.4. The van der Waals surface area contributed by atoms with E-state index in [2.05, 4.69) is 20.3 Å². The highest BCUT2D eigenvalue weighted by molar-refractivity contribution is 7.98. The first kappa shape index (κ1) is 18.6. The van der Waals surface area contributed by atoms with Gasteiger partial charge in [0.1, 0.15) is 10.7 Å². The first-order valence-electron chi connectivity index (χ1n) is 8.86. The summed E-state index contributed by atoms with van der Waals surface area (Å²) in [7, 11) is 0. The van der Waals surface area contributed by atoms with Gasteiger partial charge in [0.05, 0.1) is 16.8 Å². The Labute approximate surface area is 168 Å². The molecular formula is C18H20N4O2S3. The van der Waals surface area contributed by atoms with Gasteiger partial charge in [0.15, 0.2) is 5.13 Å². The smallest absolute Gasteiger partial charge is 0.259 e. The molecule has 4 rings (SSSR count).